The highest BCUT2D eigenvalue weighted by Gasteiger charge is 2.32. The summed E-state index contributed by atoms with van der Waals surface area (Å²) in [6.07, 6.45) is 0. The summed E-state index contributed by atoms with van der Waals surface area (Å²) >= 11 is 0. The van der Waals surface area contributed by atoms with E-state index in [2.05, 4.69) is 10.1 Å². The van der Waals surface area contributed by atoms with Crippen molar-refractivity contribution in [1.82, 2.24) is 5.32 Å². The van der Waals surface area contributed by atoms with Crippen molar-refractivity contribution < 1.29 is 14.3 Å². The number of amides is 1. The largest absolute Gasteiger partial charge is 0.467 e. The molecule has 0 aliphatic heterocycles. The standard InChI is InChI=1S/C12H24N2O3/c1-7(2)8(11(16)17-6)14-10(15)9(13)12(3,4)5/h7-9H,13H2,1-6H3,(H,14,15). The molecule has 0 heterocycles. The maximum Gasteiger partial charge on any atom is 0.328 e. The fraction of sp³-hybridized carbons (Fsp3) is 0.833. The summed E-state index contributed by atoms with van der Waals surface area (Å²) in [5, 5.41) is 2.63. The summed E-state index contributed by atoms with van der Waals surface area (Å²) in [6, 6.07) is -1.31. The predicted octanol–water partition coefficient (Wildman–Crippen LogP) is 0.674. The molecule has 2 atom stereocenters. The number of carbonyl (C=O) groups excluding carboxylic acids is 2. The maximum atomic E-state index is 11.9. The van der Waals surface area contributed by atoms with Gasteiger partial charge in [-0.25, -0.2) is 4.79 Å². The van der Waals surface area contributed by atoms with Gasteiger partial charge in [-0.15, -0.1) is 0 Å². The van der Waals surface area contributed by atoms with Crippen molar-refractivity contribution in [2.45, 2.75) is 46.7 Å². The molecule has 0 aliphatic carbocycles. The minimum absolute atomic E-state index is 0.0430. The van der Waals surface area contributed by atoms with Crippen LogP contribution in [0.5, 0.6) is 0 Å². The van der Waals surface area contributed by atoms with Gasteiger partial charge in [0.05, 0.1) is 13.2 Å². The van der Waals surface area contributed by atoms with Crippen molar-refractivity contribution >= 4 is 11.9 Å². The van der Waals surface area contributed by atoms with Gasteiger partial charge in [0.1, 0.15) is 6.04 Å². The van der Waals surface area contributed by atoms with Crippen molar-refractivity contribution in [2.24, 2.45) is 17.1 Å². The Bertz CT molecular complexity index is 282. The summed E-state index contributed by atoms with van der Waals surface area (Å²) < 4.78 is 4.65. The average molecular weight is 244 g/mol. The number of esters is 1. The van der Waals surface area contributed by atoms with Crippen molar-refractivity contribution in [3.8, 4) is 0 Å². The number of methoxy groups -OCH3 is 1. The first-order chi connectivity index (χ1) is 7.61. The second kappa shape index (κ2) is 6.00. The van der Waals surface area contributed by atoms with E-state index in [-0.39, 0.29) is 17.2 Å². The molecular weight excluding hydrogens is 220 g/mol. The average Bonchev–Trinajstić information content (AvgIpc) is 2.21. The van der Waals surface area contributed by atoms with Crippen LogP contribution in [0.15, 0.2) is 0 Å². The van der Waals surface area contributed by atoms with Crippen LogP contribution in [0.4, 0.5) is 0 Å². The van der Waals surface area contributed by atoms with Crippen LogP contribution in [0.2, 0.25) is 0 Å². The smallest absolute Gasteiger partial charge is 0.328 e. The van der Waals surface area contributed by atoms with Gasteiger partial charge in [0.2, 0.25) is 5.91 Å². The van der Waals surface area contributed by atoms with E-state index in [0.717, 1.165) is 0 Å². The Labute approximate surface area is 103 Å². The van der Waals surface area contributed by atoms with Crippen LogP contribution in [0, 0.1) is 11.3 Å². The highest BCUT2D eigenvalue weighted by Crippen LogP contribution is 2.17. The number of nitrogens with two attached hydrogens (primary N) is 1. The number of rotatable bonds is 4. The first-order valence-electron chi connectivity index (χ1n) is 5.75. The van der Waals surface area contributed by atoms with Crippen LogP contribution in [-0.4, -0.2) is 31.1 Å². The Morgan fingerprint density at radius 1 is 1.24 bits per heavy atom. The second-order valence-corrected chi connectivity index (χ2v) is 5.60. The Morgan fingerprint density at radius 3 is 2.00 bits per heavy atom. The highest BCUT2D eigenvalue weighted by molar-refractivity contribution is 5.88. The molecule has 0 bridgehead atoms. The first-order valence-corrected chi connectivity index (χ1v) is 5.75. The molecule has 3 N–H and O–H groups in total. The number of hydrogen-bond acceptors (Lipinski definition) is 4. The molecule has 1 amide bonds. The number of hydrogen-bond donors (Lipinski definition) is 2. The molecule has 17 heavy (non-hydrogen) atoms. The number of ether oxygens (including phenoxy) is 1. The Morgan fingerprint density at radius 2 is 1.71 bits per heavy atom. The lowest BCUT2D eigenvalue weighted by atomic mass is 9.86. The molecule has 0 saturated heterocycles. The molecule has 5 heteroatoms. The molecule has 2 unspecified atom stereocenters. The normalized spacial score (nSPS) is 15.3. The van der Waals surface area contributed by atoms with E-state index in [1.165, 1.54) is 7.11 Å². The molecule has 0 spiro atoms. The fourth-order valence-electron chi connectivity index (χ4n) is 1.26. The van der Waals surface area contributed by atoms with Gasteiger partial charge in [-0.05, 0) is 11.3 Å². The van der Waals surface area contributed by atoms with Crippen LogP contribution >= 0.6 is 0 Å². The lowest BCUT2D eigenvalue weighted by Crippen LogP contribution is -2.54. The quantitative estimate of drug-likeness (QED) is 0.712. The van der Waals surface area contributed by atoms with E-state index in [9.17, 15) is 9.59 Å². The molecule has 0 aromatic rings. The lowest BCUT2D eigenvalue weighted by Gasteiger charge is -2.28. The molecule has 0 aromatic carbocycles. The second-order valence-electron chi connectivity index (χ2n) is 5.60. The number of carbonyl (C=O) groups is 2. The minimum atomic E-state index is -0.659. The predicted molar refractivity (Wildman–Crippen MR) is 66.2 cm³/mol. The topological polar surface area (TPSA) is 81.4 Å². The Hall–Kier alpha value is -1.10. The summed E-state index contributed by atoms with van der Waals surface area (Å²) in [4.78, 5) is 23.4. The molecule has 0 aromatic heterocycles. The molecule has 0 saturated carbocycles. The molecule has 0 radical (unpaired) electrons. The van der Waals surface area contributed by atoms with Crippen LogP contribution in [0.25, 0.3) is 0 Å². The fourth-order valence-corrected chi connectivity index (χ4v) is 1.26. The van der Waals surface area contributed by atoms with Gasteiger partial charge >= 0.3 is 5.97 Å². The summed E-state index contributed by atoms with van der Waals surface area (Å²) in [5.41, 5.74) is 5.47. The first kappa shape index (κ1) is 15.9. The van der Waals surface area contributed by atoms with Crippen molar-refractivity contribution in [2.75, 3.05) is 7.11 Å². The van der Waals surface area contributed by atoms with E-state index in [0.29, 0.717) is 0 Å². The highest BCUT2D eigenvalue weighted by atomic mass is 16.5. The minimum Gasteiger partial charge on any atom is -0.467 e. The third kappa shape index (κ3) is 4.73. The van der Waals surface area contributed by atoms with E-state index < -0.39 is 18.1 Å². The molecule has 5 nitrogen and oxygen atoms in total. The Kier molecular flexibility index (Phi) is 5.61. The van der Waals surface area contributed by atoms with Gasteiger partial charge in [-0.2, -0.15) is 0 Å². The summed E-state index contributed by atoms with van der Waals surface area (Å²) in [7, 11) is 1.30. The van der Waals surface area contributed by atoms with Gasteiger partial charge in [-0.3, -0.25) is 4.79 Å². The van der Waals surface area contributed by atoms with Crippen LogP contribution in [0.1, 0.15) is 34.6 Å². The van der Waals surface area contributed by atoms with E-state index in [1.807, 2.05) is 34.6 Å². The maximum absolute atomic E-state index is 11.9. The van der Waals surface area contributed by atoms with Gasteiger partial charge in [0, 0.05) is 0 Å². The number of nitrogens with one attached hydrogen (secondary N) is 1. The van der Waals surface area contributed by atoms with Crippen LogP contribution in [-0.2, 0) is 14.3 Å². The van der Waals surface area contributed by atoms with Gasteiger partial charge < -0.3 is 15.8 Å². The lowest BCUT2D eigenvalue weighted by molar-refractivity contribution is -0.146. The SMILES string of the molecule is COC(=O)C(NC(=O)C(N)C(C)(C)C)C(C)C. The van der Waals surface area contributed by atoms with Crippen LogP contribution in [0.3, 0.4) is 0 Å². The van der Waals surface area contributed by atoms with E-state index in [1.54, 1.807) is 0 Å². The summed E-state index contributed by atoms with van der Waals surface area (Å²) in [6.45, 7) is 9.30. The van der Waals surface area contributed by atoms with Crippen molar-refractivity contribution in [3.63, 3.8) is 0 Å². The molecule has 0 fully saturated rings. The van der Waals surface area contributed by atoms with Crippen molar-refractivity contribution in [3.05, 3.63) is 0 Å². The zero-order valence-corrected chi connectivity index (χ0v) is 11.5. The van der Waals surface area contributed by atoms with E-state index in [4.69, 9.17) is 5.73 Å². The zero-order valence-electron chi connectivity index (χ0n) is 11.5. The molecular formula is C12H24N2O3. The van der Waals surface area contributed by atoms with Crippen molar-refractivity contribution in [1.29, 1.82) is 0 Å². The molecule has 100 valence electrons. The van der Waals surface area contributed by atoms with Gasteiger partial charge in [0.15, 0.2) is 0 Å². The van der Waals surface area contributed by atoms with Gasteiger partial charge in [-0.1, -0.05) is 34.6 Å². The third-order valence-corrected chi connectivity index (χ3v) is 2.64. The van der Waals surface area contributed by atoms with Gasteiger partial charge in [0.25, 0.3) is 0 Å². The summed E-state index contributed by atoms with van der Waals surface area (Å²) in [5.74, 6) is -0.824. The Balaban J connectivity index is 4.68. The van der Waals surface area contributed by atoms with Crippen LogP contribution < -0.4 is 11.1 Å². The van der Waals surface area contributed by atoms with E-state index >= 15 is 0 Å². The molecule has 0 rings (SSSR count). The monoisotopic (exact) mass is 244 g/mol. The zero-order chi connectivity index (χ0) is 13.8. The molecule has 0 aliphatic rings. The third-order valence-electron chi connectivity index (χ3n) is 2.64.